The number of rotatable bonds is 5. The highest BCUT2D eigenvalue weighted by Gasteiger charge is 2.15. The summed E-state index contributed by atoms with van der Waals surface area (Å²) in [7, 11) is 1.55. The van der Waals surface area contributed by atoms with Gasteiger partial charge in [0.25, 0.3) is 0 Å². The lowest BCUT2D eigenvalue weighted by molar-refractivity contribution is -0.139. The first-order valence-electron chi connectivity index (χ1n) is 3.96. The first kappa shape index (κ1) is 11.1. The Hall–Kier alpha value is -0.980. The summed E-state index contributed by atoms with van der Waals surface area (Å²) in [5.74, 6) is -1.04. The van der Waals surface area contributed by atoms with E-state index in [4.69, 9.17) is 9.84 Å². The van der Waals surface area contributed by atoms with Gasteiger partial charge in [-0.2, -0.15) is 0 Å². The maximum atomic E-state index is 10.3. The predicted molar refractivity (Wildman–Crippen MR) is 50.0 cm³/mol. The molecule has 78 valence electrons. The number of nitrogens with zero attached hydrogens (tertiary/aromatic N) is 1. The molecule has 1 atom stereocenters. The van der Waals surface area contributed by atoms with Gasteiger partial charge in [0.15, 0.2) is 0 Å². The summed E-state index contributed by atoms with van der Waals surface area (Å²) >= 11 is 1.34. The number of aromatic nitrogens is 1. The van der Waals surface area contributed by atoms with E-state index in [9.17, 15) is 9.90 Å². The third kappa shape index (κ3) is 3.06. The Kier molecular flexibility index (Phi) is 3.99. The van der Waals surface area contributed by atoms with Gasteiger partial charge in [-0.3, -0.25) is 4.79 Å². The van der Waals surface area contributed by atoms with Crippen LogP contribution in [0, 0.1) is 0 Å². The van der Waals surface area contributed by atoms with Crippen LogP contribution < -0.4 is 0 Å². The molecule has 0 unspecified atom stereocenters. The lowest BCUT2D eigenvalue weighted by atomic mass is 10.2. The number of carbonyl (C=O) groups is 1. The Bertz CT molecular complexity index is 312. The largest absolute Gasteiger partial charge is 0.481 e. The molecule has 0 saturated carbocycles. The molecule has 1 heterocycles. The molecule has 0 aliphatic rings. The van der Waals surface area contributed by atoms with E-state index in [0.29, 0.717) is 12.3 Å². The molecule has 1 aromatic heterocycles. The number of carboxylic acids is 1. The van der Waals surface area contributed by atoms with Crippen LogP contribution in [-0.2, 0) is 16.1 Å². The normalized spacial score (nSPS) is 12.7. The minimum atomic E-state index is -1.04. The lowest BCUT2D eigenvalue weighted by Gasteiger charge is -2.02. The Morgan fingerprint density at radius 1 is 1.79 bits per heavy atom. The van der Waals surface area contributed by atoms with Crippen molar-refractivity contribution in [1.82, 2.24) is 4.98 Å². The van der Waals surface area contributed by atoms with Crippen molar-refractivity contribution in [2.75, 3.05) is 7.11 Å². The van der Waals surface area contributed by atoms with Gasteiger partial charge in [0.2, 0.25) is 0 Å². The van der Waals surface area contributed by atoms with Crippen LogP contribution in [0.2, 0.25) is 0 Å². The topological polar surface area (TPSA) is 79.7 Å². The number of hydrogen-bond acceptors (Lipinski definition) is 5. The molecule has 0 aliphatic heterocycles. The monoisotopic (exact) mass is 217 g/mol. The standard InChI is InChI=1S/C8H11NO4S/c1-13-3-7-9-5(4-14-7)6(10)2-8(11)12/h4,6,10H,2-3H2,1H3,(H,11,12)/t6-/m1/s1. The fourth-order valence-corrected chi connectivity index (χ4v) is 1.75. The first-order valence-corrected chi connectivity index (χ1v) is 4.84. The first-order chi connectivity index (χ1) is 6.63. The zero-order valence-corrected chi connectivity index (χ0v) is 8.45. The van der Waals surface area contributed by atoms with Gasteiger partial charge in [-0.15, -0.1) is 11.3 Å². The van der Waals surface area contributed by atoms with Gasteiger partial charge < -0.3 is 14.9 Å². The number of aliphatic hydroxyl groups excluding tert-OH is 1. The summed E-state index contributed by atoms with van der Waals surface area (Å²) in [5, 5.41) is 20.2. The molecule has 1 aromatic rings. The summed E-state index contributed by atoms with van der Waals surface area (Å²) < 4.78 is 4.85. The van der Waals surface area contributed by atoms with Gasteiger partial charge >= 0.3 is 5.97 Å². The van der Waals surface area contributed by atoms with E-state index in [2.05, 4.69) is 4.98 Å². The van der Waals surface area contributed by atoms with E-state index in [1.54, 1.807) is 12.5 Å². The SMILES string of the molecule is COCc1nc([C@H](O)CC(=O)O)cs1. The van der Waals surface area contributed by atoms with E-state index < -0.39 is 12.1 Å². The van der Waals surface area contributed by atoms with Crippen molar-refractivity contribution in [3.8, 4) is 0 Å². The van der Waals surface area contributed by atoms with Crippen LogP contribution >= 0.6 is 11.3 Å². The molecule has 6 heteroatoms. The minimum Gasteiger partial charge on any atom is -0.481 e. The highest BCUT2D eigenvalue weighted by Crippen LogP contribution is 2.19. The van der Waals surface area contributed by atoms with Crippen LogP contribution in [0.15, 0.2) is 5.38 Å². The molecule has 0 radical (unpaired) electrons. The molecule has 0 spiro atoms. The minimum absolute atomic E-state index is 0.323. The van der Waals surface area contributed by atoms with Gasteiger partial charge in [0, 0.05) is 12.5 Å². The Labute approximate surface area is 85.0 Å². The summed E-state index contributed by atoms with van der Waals surface area (Å²) in [5.41, 5.74) is 0.393. The van der Waals surface area contributed by atoms with Crippen LogP contribution in [0.4, 0.5) is 0 Å². The van der Waals surface area contributed by atoms with Gasteiger partial charge in [-0.05, 0) is 0 Å². The van der Waals surface area contributed by atoms with Crippen LogP contribution in [0.25, 0.3) is 0 Å². The Balaban J connectivity index is 2.61. The van der Waals surface area contributed by atoms with Crippen LogP contribution in [0.1, 0.15) is 23.2 Å². The molecule has 0 fully saturated rings. The predicted octanol–water partition coefficient (Wildman–Crippen LogP) is 0.798. The smallest absolute Gasteiger partial charge is 0.306 e. The zero-order valence-electron chi connectivity index (χ0n) is 7.64. The number of thiazole rings is 1. The van der Waals surface area contributed by atoms with Crippen LogP contribution in [-0.4, -0.2) is 28.3 Å². The molecule has 0 amide bonds. The molecule has 1 rings (SSSR count). The van der Waals surface area contributed by atoms with Crippen molar-refractivity contribution in [2.45, 2.75) is 19.1 Å². The fraction of sp³-hybridized carbons (Fsp3) is 0.500. The van der Waals surface area contributed by atoms with Crippen LogP contribution in [0.3, 0.4) is 0 Å². The number of carboxylic acid groups (broad SMARTS) is 1. The molecule has 0 aromatic carbocycles. The molecular formula is C8H11NO4S. The van der Waals surface area contributed by atoms with Crippen molar-refractivity contribution in [3.05, 3.63) is 16.1 Å². The fourth-order valence-electron chi connectivity index (χ4n) is 0.938. The average Bonchev–Trinajstić information content (AvgIpc) is 2.52. The van der Waals surface area contributed by atoms with Gasteiger partial charge in [-0.25, -0.2) is 4.98 Å². The highest BCUT2D eigenvalue weighted by atomic mass is 32.1. The van der Waals surface area contributed by atoms with E-state index in [-0.39, 0.29) is 6.42 Å². The molecular weight excluding hydrogens is 206 g/mol. The molecule has 2 N–H and O–H groups in total. The lowest BCUT2D eigenvalue weighted by Crippen LogP contribution is -2.05. The summed E-state index contributed by atoms with van der Waals surface area (Å²) in [4.78, 5) is 14.3. The Morgan fingerprint density at radius 3 is 3.07 bits per heavy atom. The molecule has 0 saturated heterocycles. The number of aliphatic hydroxyl groups is 1. The molecule has 14 heavy (non-hydrogen) atoms. The Morgan fingerprint density at radius 2 is 2.50 bits per heavy atom. The van der Waals surface area contributed by atoms with Crippen molar-refractivity contribution >= 4 is 17.3 Å². The maximum absolute atomic E-state index is 10.3. The maximum Gasteiger partial charge on any atom is 0.306 e. The summed E-state index contributed by atoms with van der Waals surface area (Å²) in [6.45, 7) is 0.379. The van der Waals surface area contributed by atoms with Gasteiger partial charge in [-0.1, -0.05) is 0 Å². The number of ether oxygens (including phenoxy) is 1. The molecule has 0 aliphatic carbocycles. The van der Waals surface area contributed by atoms with Crippen molar-refractivity contribution in [2.24, 2.45) is 0 Å². The second-order valence-corrected chi connectivity index (χ2v) is 3.66. The zero-order chi connectivity index (χ0) is 10.6. The van der Waals surface area contributed by atoms with Gasteiger partial charge in [0.1, 0.15) is 11.1 Å². The highest BCUT2D eigenvalue weighted by molar-refractivity contribution is 7.09. The van der Waals surface area contributed by atoms with E-state index >= 15 is 0 Å². The van der Waals surface area contributed by atoms with Crippen molar-refractivity contribution in [1.29, 1.82) is 0 Å². The number of hydrogen-bond donors (Lipinski definition) is 2. The third-order valence-electron chi connectivity index (χ3n) is 1.55. The second-order valence-electron chi connectivity index (χ2n) is 2.71. The molecule has 0 bridgehead atoms. The van der Waals surface area contributed by atoms with Gasteiger partial charge in [0.05, 0.1) is 18.7 Å². The van der Waals surface area contributed by atoms with E-state index in [1.165, 1.54) is 11.3 Å². The van der Waals surface area contributed by atoms with E-state index in [0.717, 1.165) is 5.01 Å². The van der Waals surface area contributed by atoms with Crippen molar-refractivity contribution in [3.63, 3.8) is 0 Å². The van der Waals surface area contributed by atoms with Crippen LogP contribution in [0.5, 0.6) is 0 Å². The number of aliphatic carboxylic acids is 1. The average molecular weight is 217 g/mol. The number of methoxy groups -OCH3 is 1. The van der Waals surface area contributed by atoms with E-state index in [1.807, 2.05) is 0 Å². The second kappa shape index (κ2) is 5.04. The third-order valence-corrected chi connectivity index (χ3v) is 2.39. The summed E-state index contributed by atoms with van der Waals surface area (Å²) in [6.07, 6.45) is -1.36. The molecule has 5 nitrogen and oxygen atoms in total. The quantitative estimate of drug-likeness (QED) is 0.762. The summed E-state index contributed by atoms with van der Waals surface area (Å²) in [6, 6.07) is 0. The van der Waals surface area contributed by atoms with Crippen molar-refractivity contribution < 1.29 is 19.7 Å².